The summed E-state index contributed by atoms with van der Waals surface area (Å²) in [4.78, 5) is 28.9. The van der Waals surface area contributed by atoms with Crippen molar-refractivity contribution in [2.24, 2.45) is 0 Å². The predicted molar refractivity (Wildman–Crippen MR) is 130 cm³/mol. The van der Waals surface area contributed by atoms with Gasteiger partial charge < -0.3 is 19.7 Å². The summed E-state index contributed by atoms with van der Waals surface area (Å²) in [6, 6.07) is 1.98. The number of ether oxygens (including phenoxy) is 2. The van der Waals surface area contributed by atoms with Crippen LogP contribution in [0.15, 0.2) is 18.5 Å². The molecule has 0 radical (unpaired) electrons. The molecule has 5 heterocycles. The van der Waals surface area contributed by atoms with Gasteiger partial charge in [-0.3, -0.25) is 9.69 Å². The first kappa shape index (κ1) is 22.8. The minimum Gasteiger partial charge on any atom is -0.480 e. The molecule has 2 N–H and O–H groups in total. The highest BCUT2D eigenvalue weighted by Crippen LogP contribution is 2.46. The molecule has 1 fully saturated rings. The Morgan fingerprint density at radius 2 is 2.06 bits per heavy atom. The molecule has 34 heavy (non-hydrogen) atoms. The van der Waals surface area contributed by atoms with Crippen molar-refractivity contribution in [1.29, 1.82) is 0 Å². The van der Waals surface area contributed by atoms with Crippen molar-refractivity contribution in [3.63, 3.8) is 0 Å². The Kier molecular flexibility index (Phi) is 6.00. The summed E-state index contributed by atoms with van der Waals surface area (Å²) in [5, 5.41) is 9.89. The lowest BCUT2D eigenvalue weighted by molar-refractivity contribution is 0.0263. The molecule has 5 rings (SSSR count). The van der Waals surface area contributed by atoms with Crippen LogP contribution in [0.3, 0.4) is 0 Å². The maximum absolute atomic E-state index is 13.4. The van der Waals surface area contributed by atoms with E-state index in [0.717, 1.165) is 59.4 Å². The number of carbonyl (C=O) groups is 1. The summed E-state index contributed by atoms with van der Waals surface area (Å²) >= 11 is 1.63. The number of hydrogen-bond donors (Lipinski definition) is 2. The largest absolute Gasteiger partial charge is 0.480 e. The SMILES string of the molecule is COc1[nH]ncc1Nc1ncc(C)c(-c2cc3c(s2)C(C)(C)N(CCN2CCOCC2)C3=O)n1. The fourth-order valence-electron chi connectivity index (χ4n) is 4.48. The highest BCUT2D eigenvalue weighted by molar-refractivity contribution is 7.16. The number of rotatable bonds is 7. The van der Waals surface area contributed by atoms with Gasteiger partial charge in [-0.25, -0.2) is 15.1 Å². The summed E-state index contributed by atoms with van der Waals surface area (Å²) in [7, 11) is 1.57. The van der Waals surface area contributed by atoms with E-state index in [-0.39, 0.29) is 11.4 Å². The zero-order valence-electron chi connectivity index (χ0n) is 19.8. The van der Waals surface area contributed by atoms with E-state index in [1.165, 1.54) is 0 Å². The lowest BCUT2D eigenvalue weighted by Crippen LogP contribution is -2.46. The minimum atomic E-state index is -0.367. The van der Waals surface area contributed by atoms with Crippen LogP contribution in [0.5, 0.6) is 5.88 Å². The monoisotopic (exact) mass is 483 g/mol. The fraction of sp³-hybridized carbons (Fsp3) is 0.478. The number of thiophene rings is 1. The van der Waals surface area contributed by atoms with Crippen molar-refractivity contribution >= 4 is 28.9 Å². The summed E-state index contributed by atoms with van der Waals surface area (Å²) < 4.78 is 10.7. The van der Waals surface area contributed by atoms with Crippen LogP contribution in [0.1, 0.15) is 34.6 Å². The molecule has 3 aromatic heterocycles. The highest BCUT2D eigenvalue weighted by Gasteiger charge is 2.45. The number of H-pyrrole nitrogens is 1. The number of aryl methyl sites for hydroxylation is 1. The zero-order chi connectivity index (χ0) is 23.9. The second-order valence-electron chi connectivity index (χ2n) is 8.99. The number of morpholine rings is 1. The van der Waals surface area contributed by atoms with Gasteiger partial charge in [0.15, 0.2) is 0 Å². The molecule has 0 saturated carbocycles. The minimum absolute atomic E-state index is 0.0870. The molecule has 1 saturated heterocycles. The number of fused-ring (bicyclic) bond motifs is 1. The average molecular weight is 484 g/mol. The van der Waals surface area contributed by atoms with Crippen molar-refractivity contribution in [1.82, 2.24) is 30.0 Å². The molecule has 0 unspecified atom stereocenters. The van der Waals surface area contributed by atoms with E-state index < -0.39 is 0 Å². The number of hydrogen-bond acceptors (Lipinski definition) is 9. The molecule has 0 spiro atoms. The summed E-state index contributed by atoms with van der Waals surface area (Å²) in [6.45, 7) is 11.2. The summed E-state index contributed by atoms with van der Waals surface area (Å²) in [6.07, 6.45) is 3.40. The van der Waals surface area contributed by atoms with Crippen molar-refractivity contribution in [3.05, 3.63) is 34.5 Å². The van der Waals surface area contributed by atoms with Gasteiger partial charge in [-0.15, -0.1) is 11.3 Å². The maximum atomic E-state index is 13.4. The van der Waals surface area contributed by atoms with E-state index in [1.54, 1.807) is 30.8 Å². The van der Waals surface area contributed by atoms with Crippen LogP contribution < -0.4 is 10.1 Å². The Hall–Kier alpha value is -3.02. The standard InChI is InChI=1S/C23H29N7O3S/c1-14-12-24-22(26-16-13-25-28-20(16)32-4)27-18(14)17-11-15-19(34-17)23(2,3)30(21(15)31)6-5-29-7-9-33-10-8-29/h11-13H,5-10H2,1-4H3,(H,25,28)(H,24,26,27). The third-order valence-electron chi connectivity index (χ3n) is 6.44. The summed E-state index contributed by atoms with van der Waals surface area (Å²) in [5.41, 5.74) is 2.81. The van der Waals surface area contributed by atoms with Gasteiger partial charge in [-0.05, 0) is 32.4 Å². The van der Waals surface area contributed by atoms with Crippen LogP contribution in [0, 0.1) is 6.92 Å². The second-order valence-corrected chi connectivity index (χ2v) is 10.0. The van der Waals surface area contributed by atoms with Crippen LogP contribution in [0.4, 0.5) is 11.6 Å². The highest BCUT2D eigenvalue weighted by atomic mass is 32.1. The van der Waals surface area contributed by atoms with E-state index >= 15 is 0 Å². The lowest BCUT2D eigenvalue weighted by atomic mass is 10.0. The van der Waals surface area contributed by atoms with E-state index in [0.29, 0.717) is 24.1 Å². The van der Waals surface area contributed by atoms with E-state index in [2.05, 4.69) is 39.2 Å². The van der Waals surface area contributed by atoms with Crippen LogP contribution in [0.2, 0.25) is 0 Å². The predicted octanol–water partition coefficient (Wildman–Crippen LogP) is 3.01. The molecule has 2 aliphatic rings. The molecule has 1 amide bonds. The number of aromatic amines is 1. The van der Waals surface area contributed by atoms with Crippen LogP contribution >= 0.6 is 11.3 Å². The first-order valence-corrected chi connectivity index (χ1v) is 12.1. The topological polar surface area (TPSA) is 108 Å². The molecule has 0 aliphatic carbocycles. The number of amides is 1. The lowest BCUT2D eigenvalue weighted by Gasteiger charge is -2.35. The molecule has 3 aromatic rings. The summed E-state index contributed by atoms with van der Waals surface area (Å²) in [5.74, 6) is 1.03. The number of anilines is 2. The van der Waals surface area contributed by atoms with Crippen molar-refractivity contribution in [3.8, 4) is 16.5 Å². The number of aromatic nitrogens is 4. The smallest absolute Gasteiger partial charge is 0.255 e. The molecule has 10 nitrogen and oxygen atoms in total. The van der Waals surface area contributed by atoms with Crippen LogP contribution in [-0.2, 0) is 10.3 Å². The Morgan fingerprint density at radius 1 is 1.26 bits per heavy atom. The van der Waals surface area contributed by atoms with Crippen LogP contribution in [-0.4, -0.2) is 82.4 Å². The number of nitrogens with one attached hydrogen (secondary N) is 2. The third-order valence-corrected chi connectivity index (χ3v) is 7.90. The van der Waals surface area contributed by atoms with Gasteiger partial charge in [0.1, 0.15) is 5.69 Å². The van der Waals surface area contributed by atoms with Gasteiger partial charge in [0.2, 0.25) is 11.8 Å². The van der Waals surface area contributed by atoms with Gasteiger partial charge in [-0.1, -0.05) is 0 Å². The molecule has 0 bridgehead atoms. The zero-order valence-corrected chi connectivity index (χ0v) is 20.7. The molecule has 180 valence electrons. The third kappa shape index (κ3) is 4.04. The first-order chi connectivity index (χ1) is 16.4. The molecule has 0 atom stereocenters. The Labute approximate surface area is 202 Å². The Balaban J connectivity index is 1.38. The normalized spacial score (nSPS) is 17.8. The quantitative estimate of drug-likeness (QED) is 0.528. The van der Waals surface area contributed by atoms with Crippen molar-refractivity contribution in [2.45, 2.75) is 26.3 Å². The maximum Gasteiger partial charge on any atom is 0.255 e. The first-order valence-electron chi connectivity index (χ1n) is 11.3. The van der Waals surface area contributed by atoms with Gasteiger partial charge in [0.25, 0.3) is 5.91 Å². The van der Waals surface area contributed by atoms with Crippen molar-refractivity contribution < 1.29 is 14.3 Å². The molecule has 11 heteroatoms. The molecular formula is C23H29N7O3S. The molecular weight excluding hydrogens is 454 g/mol. The number of nitrogens with zero attached hydrogens (tertiary/aromatic N) is 5. The van der Waals surface area contributed by atoms with E-state index in [4.69, 9.17) is 14.5 Å². The van der Waals surface area contributed by atoms with Gasteiger partial charge in [0, 0.05) is 37.3 Å². The Morgan fingerprint density at radius 3 is 2.79 bits per heavy atom. The Bertz CT molecular complexity index is 1200. The second kappa shape index (κ2) is 8.97. The van der Waals surface area contributed by atoms with Gasteiger partial charge in [0.05, 0.1) is 48.2 Å². The molecule has 2 aliphatic heterocycles. The molecule has 0 aromatic carbocycles. The van der Waals surface area contributed by atoms with Gasteiger partial charge in [-0.2, -0.15) is 5.10 Å². The van der Waals surface area contributed by atoms with Gasteiger partial charge >= 0.3 is 0 Å². The van der Waals surface area contributed by atoms with E-state index in [9.17, 15) is 4.79 Å². The fourth-order valence-corrected chi connectivity index (χ4v) is 5.80. The van der Waals surface area contributed by atoms with E-state index in [1.807, 2.05) is 17.9 Å². The number of carbonyl (C=O) groups excluding carboxylic acids is 1. The van der Waals surface area contributed by atoms with Crippen LogP contribution in [0.25, 0.3) is 10.6 Å². The number of methoxy groups -OCH3 is 1. The average Bonchev–Trinajstić information content (AvgIpc) is 3.51. The van der Waals surface area contributed by atoms with Crippen molar-refractivity contribution in [2.75, 3.05) is 51.8 Å².